The fourth-order valence-electron chi connectivity index (χ4n) is 2.04. The fraction of sp³-hybridized carbons (Fsp3) is 0.0625. The SMILES string of the molecule is O=C(Cc1ccc(-n2cccn2)cc1)Nc1ncccc1O. The molecule has 2 N–H and O–H groups in total. The Balaban J connectivity index is 1.66. The number of carbonyl (C=O) groups is 1. The molecule has 6 nitrogen and oxygen atoms in total. The Kier molecular flexibility index (Phi) is 3.82. The van der Waals surface area contributed by atoms with E-state index in [2.05, 4.69) is 15.4 Å². The highest BCUT2D eigenvalue weighted by molar-refractivity contribution is 5.92. The number of aromatic nitrogens is 3. The van der Waals surface area contributed by atoms with Crippen LogP contribution in [0.1, 0.15) is 5.56 Å². The van der Waals surface area contributed by atoms with E-state index in [9.17, 15) is 9.90 Å². The molecule has 0 unspecified atom stereocenters. The predicted octanol–water partition coefficient (Wildman–Crippen LogP) is 2.15. The lowest BCUT2D eigenvalue weighted by atomic mass is 10.1. The highest BCUT2D eigenvalue weighted by Crippen LogP contribution is 2.18. The van der Waals surface area contributed by atoms with Crippen LogP contribution in [-0.4, -0.2) is 25.8 Å². The molecule has 0 atom stereocenters. The first-order valence-corrected chi connectivity index (χ1v) is 6.75. The average molecular weight is 294 g/mol. The Morgan fingerprint density at radius 2 is 1.95 bits per heavy atom. The molecule has 0 bridgehead atoms. The fourth-order valence-corrected chi connectivity index (χ4v) is 2.04. The van der Waals surface area contributed by atoms with Crippen molar-refractivity contribution in [2.45, 2.75) is 6.42 Å². The molecule has 0 aliphatic heterocycles. The van der Waals surface area contributed by atoms with Gasteiger partial charge in [-0.15, -0.1) is 0 Å². The lowest BCUT2D eigenvalue weighted by Crippen LogP contribution is -2.15. The predicted molar refractivity (Wildman–Crippen MR) is 81.8 cm³/mol. The highest BCUT2D eigenvalue weighted by Gasteiger charge is 2.08. The summed E-state index contributed by atoms with van der Waals surface area (Å²) >= 11 is 0. The summed E-state index contributed by atoms with van der Waals surface area (Å²) in [6.07, 6.45) is 5.27. The third kappa shape index (κ3) is 3.12. The van der Waals surface area contributed by atoms with Gasteiger partial charge in [-0.05, 0) is 35.9 Å². The lowest BCUT2D eigenvalue weighted by molar-refractivity contribution is -0.115. The van der Waals surface area contributed by atoms with Crippen LogP contribution in [0.5, 0.6) is 5.75 Å². The number of nitrogens with one attached hydrogen (secondary N) is 1. The van der Waals surface area contributed by atoms with Gasteiger partial charge < -0.3 is 10.4 Å². The molecule has 0 saturated heterocycles. The minimum Gasteiger partial charge on any atom is -0.504 e. The van der Waals surface area contributed by atoms with E-state index in [0.29, 0.717) is 0 Å². The summed E-state index contributed by atoms with van der Waals surface area (Å²) in [6.45, 7) is 0. The Bertz CT molecular complexity index is 767. The van der Waals surface area contributed by atoms with Crippen LogP contribution < -0.4 is 5.32 Å². The summed E-state index contributed by atoms with van der Waals surface area (Å²) in [6, 6.07) is 12.5. The Morgan fingerprint density at radius 1 is 1.14 bits per heavy atom. The minimum atomic E-state index is -0.235. The number of hydrogen-bond acceptors (Lipinski definition) is 4. The molecule has 3 aromatic rings. The summed E-state index contributed by atoms with van der Waals surface area (Å²) in [4.78, 5) is 15.9. The molecule has 0 fully saturated rings. The molecule has 2 aromatic heterocycles. The van der Waals surface area contributed by atoms with Crippen LogP contribution in [0.2, 0.25) is 0 Å². The maximum absolute atomic E-state index is 12.0. The second kappa shape index (κ2) is 6.09. The maximum Gasteiger partial charge on any atom is 0.230 e. The van der Waals surface area contributed by atoms with Crippen molar-refractivity contribution in [2.24, 2.45) is 0 Å². The van der Waals surface area contributed by atoms with Gasteiger partial charge in [0.15, 0.2) is 11.6 Å². The quantitative estimate of drug-likeness (QED) is 0.772. The van der Waals surface area contributed by atoms with Crippen LogP contribution in [-0.2, 0) is 11.2 Å². The second-order valence-corrected chi connectivity index (χ2v) is 4.71. The Labute approximate surface area is 127 Å². The normalized spacial score (nSPS) is 10.4. The van der Waals surface area contributed by atoms with Crippen LogP contribution in [0.15, 0.2) is 61.1 Å². The van der Waals surface area contributed by atoms with Crippen molar-refractivity contribution >= 4 is 11.7 Å². The number of carbonyl (C=O) groups excluding carboxylic acids is 1. The molecule has 0 spiro atoms. The van der Waals surface area contributed by atoms with E-state index in [-0.39, 0.29) is 23.9 Å². The molecule has 0 aliphatic rings. The van der Waals surface area contributed by atoms with Gasteiger partial charge in [-0.3, -0.25) is 4.79 Å². The first kappa shape index (κ1) is 13.8. The van der Waals surface area contributed by atoms with Crippen molar-refractivity contribution in [3.05, 3.63) is 66.6 Å². The number of amides is 1. The number of pyridine rings is 1. The number of rotatable bonds is 4. The van der Waals surface area contributed by atoms with Crippen molar-refractivity contribution < 1.29 is 9.90 Å². The van der Waals surface area contributed by atoms with Gasteiger partial charge in [0.05, 0.1) is 12.1 Å². The third-order valence-electron chi connectivity index (χ3n) is 3.11. The molecule has 2 heterocycles. The van der Waals surface area contributed by atoms with Crippen molar-refractivity contribution in [3.8, 4) is 11.4 Å². The van der Waals surface area contributed by atoms with Crippen molar-refractivity contribution in [1.29, 1.82) is 0 Å². The topological polar surface area (TPSA) is 80.0 Å². The zero-order chi connectivity index (χ0) is 15.4. The number of nitrogens with zero attached hydrogens (tertiary/aromatic N) is 3. The molecule has 1 amide bonds. The molecule has 0 saturated carbocycles. The van der Waals surface area contributed by atoms with Crippen molar-refractivity contribution in [2.75, 3.05) is 5.32 Å². The van der Waals surface area contributed by atoms with Crippen molar-refractivity contribution in [3.63, 3.8) is 0 Å². The zero-order valence-electron chi connectivity index (χ0n) is 11.7. The smallest absolute Gasteiger partial charge is 0.230 e. The van der Waals surface area contributed by atoms with E-state index in [1.165, 1.54) is 12.3 Å². The average Bonchev–Trinajstić information content (AvgIpc) is 3.05. The molecule has 0 radical (unpaired) electrons. The van der Waals surface area contributed by atoms with E-state index in [0.717, 1.165) is 11.3 Å². The molecule has 0 aliphatic carbocycles. The Morgan fingerprint density at radius 3 is 2.64 bits per heavy atom. The summed E-state index contributed by atoms with van der Waals surface area (Å²) < 4.78 is 1.75. The summed E-state index contributed by atoms with van der Waals surface area (Å²) in [5.74, 6) is -0.119. The number of hydrogen-bond donors (Lipinski definition) is 2. The first-order chi connectivity index (χ1) is 10.7. The van der Waals surface area contributed by atoms with E-state index in [1.807, 2.05) is 36.5 Å². The van der Waals surface area contributed by atoms with E-state index < -0.39 is 0 Å². The monoisotopic (exact) mass is 294 g/mol. The summed E-state index contributed by atoms with van der Waals surface area (Å²) in [5, 5.41) is 16.3. The van der Waals surface area contributed by atoms with Gasteiger partial charge in [0, 0.05) is 18.6 Å². The number of anilines is 1. The standard InChI is InChI=1S/C16H14N4O2/c21-14-3-1-8-17-16(14)19-15(22)11-12-4-6-13(7-5-12)20-10-2-9-18-20/h1-10,21H,11H2,(H,17,19,22). The van der Waals surface area contributed by atoms with Crippen LogP contribution in [0.25, 0.3) is 5.69 Å². The largest absolute Gasteiger partial charge is 0.504 e. The first-order valence-electron chi connectivity index (χ1n) is 6.75. The minimum absolute atomic E-state index is 0.0510. The molecule has 22 heavy (non-hydrogen) atoms. The maximum atomic E-state index is 12.0. The van der Waals surface area contributed by atoms with Gasteiger partial charge in [-0.1, -0.05) is 12.1 Å². The van der Waals surface area contributed by atoms with Crippen molar-refractivity contribution in [1.82, 2.24) is 14.8 Å². The highest BCUT2D eigenvalue weighted by atomic mass is 16.3. The summed E-state index contributed by atoms with van der Waals surface area (Å²) in [7, 11) is 0. The zero-order valence-corrected chi connectivity index (χ0v) is 11.7. The van der Waals surface area contributed by atoms with Gasteiger partial charge >= 0.3 is 0 Å². The van der Waals surface area contributed by atoms with E-state index in [4.69, 9.17) is 0 Å². The molecular weight excluding hydrogens is 280 g/mol. The van der Waals surface area contributed by atoms with Crippen LogP contribution in [0, 0.1) is 0 Å². The van der Waals surface area contributed by atoms with Gasteiger partial charge in [-0.25, -0.2) is 9.67 Å². The van der Waals surface area contributed by atoms with Crippen LogP contribution in [0.3, 0.4) is 0 Å². The molecule has 6 heteroatoms. The second-order valence-electron chi connectivity index (χ2n) is 4.71. The van der Waals surface area contributed by atoms with Crippen LogP contribution in [0.4, 0.5) is 5.82 Å². The van der Waals surface area contributed by atoms with Gasteiger partial charge in [-0.2, -0.15) is 5.10 Å². The van der Waals surface area contributed by atoms with E-state index in [1.54, 1.807) is 16.9 Å². The lowest BCUT2D eigenvalue weighted by Gasteiger charge is -2.07. The number of benzene rings is 1. The molecule has 3 rings (SSSR count). The Hall–Kier alpha value is -3.15. The number of aromatic hydroxyl groups is 1. The van der Waals surface area contributed by atoms with Crippen LogP contribution >= 0.6 is 0 Å². The summed E-state index contributed by atoms with van der Waals surface area (Å²) in [5.41, 5.74) is 1.79. The van der Waals surface area contributed by atoms with Gasteiger partial charge in [0.2, 0.25) is 5.91 Å². The molecule has 1 aromatic carbocycles. The van der Waals surface area contributed by atoms with E-state index >= 15 is 0 Å². The van der Waals surface area contributed by atoms with Gasteiger partial charge in [0.1, 0.15) is 0 Å². The molecular formula is C16H14N4O2. The molecule has 110 valence electrons. The third-order valence-corrected chi connectivity index (χ3v) is 3.11. The van der Waals surface area contributed by atoms with Gasteiger partial charge in [0.25, 0.3) is 0 Å².